The summed E-state index contributed by atoms with van der Waals surface area (Å²) < 4.78 is 6.12. The second kappa shape index (κ2) is 8.72. The number of hydrogen-bond acceptors (Lipinski definition) is 2. The number of ether oxygens (including phenoxy) is 1. The minimum absolute atomic E-state index is 0.0111. The fourth-order valence-electron chi connectivity index (χ4n) is 4.45. The second-order valence-corrected chi connectivity index (χ2v) is 8.10. The van der Waals surface area contributed by atoms with Gasteiger partial charge in [-0.25, -0.2) is 0 Å². The van der Waals surface area contributed by atoms with Gasteiger partial charge >= 0.3 is 0 Å². The van der Waals surface area contributed by atoms with Crippen molar-refractivity contribution >= 4 is 22.8 Å². The summed E-state index contributed by atoms with van der Waals surface area (Å²) in [7, 11) is 0. The zero-order chi connectivity index (χ0) is 21.9. The molecule has 1 aliphatic heterocycles. The number of nitrogens with zero attached hydrogens (tertiary/aromatic N) is 1. The molecule has 4 aromatic rings. The Hall–Kier alpha value is -3.85. The average Bonchev–Trinajstić information content (AvgIpc) is 2.85. The van der Waals surface area contributed by atoms with Gasteiger partial charge in [0.15, 0.2) is 0 Å². The zero-order valence-electron chi connectivity index (χ0n) is 18.0. The van der Waals surface area contributed by atoms with Crippen LogP contribution in [0.1, 0.15) is 24.1 Å². The normalized spacial score (nSPS) is 19.2. The van der Waals surface area contributed by atoms with Gasteiger partial charge in [-0.05, 0) is 41.0 Å². The van der Waals surface area contributed by atoms with E-state index >= 15 is 0 Å². The monoisotopic (exact) mass is 419 g/mol. The summed E-state index contributed by atoms with van der Waals surface area (Å²) in [5, 5.41) is 2.35. The Labute approximate surface area is 188 Å². The van der Waals surface area contributed by atoms with Crippen molar-refractivity contribution in [2.45, 2.75) is 25.1 Å². The summed E-state index contributed by atoms with van der Waals surface area (Å²) in [6.07, 6.45) is 3.63. The van der Waals surface area contributed by atoms with Crippen molar-refractivity contribution in [2.75, 3.05) is 0 Å². The maximum Gasteiger partial charge on any atom is 0.267 e. The van der Waals surface area contributed by atoms with E-state index in [2.05, 4.69) is 61.5 Å². The average molecular weight is 420 g/mol. The van der Waals surface area contributed by atoms with Crippen LogP contribution in [0, 0.1) is 0 Å². The van der Waals surface area contributed by atoms with Crippen LogP contribution in [0.2, 0.25) is 0 Å². The van der Waals surface area contributed by atoms with E-state index < -0.39 is 6.10 Å². The topological polar surface area (TPSA) is 29.5 Å². The number of carbonyl (C=O) groups is 1. The summed E-state index contributed by atoms with van der Waals surface area (Å²) in [5.41, 5.74) is 2.25. The number of fused-ring (bicyclic) bond motifs is 1. The van der Waals surface area contributed by atoms with Gasteiger partial charge in [-0.1, -0.05) is 103 Å². The molecule has 1 aliphatic rings. The third-order valence-electron chi connectivity index (χ3n) is 6.11. The Balaban J connectivity index is 1.48. The summed E-state index contributed by atoms with van der Waals surface area (Å²) in [6.45, 7) is 2.10. The summed E-state index contributed by atoms with van der Waals surface area (Å²) in [6, 6.07) is 34.1. The smallest absolute Gasteiger partial charge is 0.267 e. The molecule has 32 heavy (non-hydrogen) atoms. The van der Waals surface area contributed by atoms with Crippen LogP contribution in [0.5, 0.6) is 5.75 Å². The van der Waals surface area contributed by atoms with Crippen molar-refractivity contribution in [2.24, 2.45) is 0 Å². The van der Waals surface area contributed by atoms with E-state index in [1.807, 2.05) is 65.6 Å². The first-order chi connectivity index (χ1) is 15.7. The summed E-state index contributed by atoms with van der Waals surface area (Å²) in [5.74, 6) is 0.721. The summed E-state index contributed by atoms with van der Waals surface area (Å²) >= 11 is 0. The molecule has 0 aliphatic carbocycles. The van der Waals surface area contributed by atoms with Crippen LogP contribution in [0.4, 0.5) is 0 Å². The standard InChI is InChI=1S/C29H25NO2/c1-21(25-18-10-14-23-13-8-9-17-26(23)25)30-27(20-19-22-11-4-2-5-12-22)28(29(30)31)32-24-15-6-3-7-16-24/h2-21,27-28H,1H3/b20-19+/t21-,27-,28+/m1/s1. The van der Waals surface area contributed by atoms with Crippen LogP contribution in [-0.2, 0) is 4.79 Å². The van der Waals surface area contributed by atoms with Crippen LogP contribution in [0.25, 0.3) is 16.8 Å². The molecule has 3 heteroatoms. The van der Waals surface area contributed by atoms with E-state index in [1.54, 1.807) is 0 Å². The lowest BCUT2D eigenvalue weighted by molar-refractivity contribution is -0.163. The number of likely N-dealkylation sites (tertiary alicyclic amines) is 1. The number of para-hydroxylation sites is 1. The van der Waals surface area contributed by atoms with Crippen molar-refractivity contribution in [3.63, 3.8) is 0 Å². The third-order valence-corrected chi connectivity index (χ3v) is 6.11. The van der Waals surface area contributed by atoms with Gasteiger partial charge in [-0.2, -0.15) is 0 Å². The molecule has 0 saturated carbocycles. The Morgan fingerprint density at radius 2 is 1.47 bits per heavy atom. The van der Waals surface area contributed by atoms with E-state index in [-0.39, 0.29) is 18.0 Å². The van der Waals surface area contributed by atoms with E-state index in [9.17, 15) is 4.79 Å². The van der Waals surface area contributed by atoms with Gasteiger partial charge in [0.2, 0.25) is 6.10 Å². The van der Waals surface area contributed by atoms with Crippen LogP contribution in [-0.4, -0.2) is 23.0 Å². The number of benzene rings is 4. The Morgan fingerprint density at radius 1 is 0.812 bits per heavy atom. The van der Waals surface area contributed by atoms with Crippen molar-refractivity contribution < 1.29 is 9.53 Å². The van der Waals surface area contributed by atoms with E-state index in [0.29, 0.717) is 5.75 Å². The molecule has 0 N–H and O–H groups in total. The molecule has 0 spiro atoms. The van der Waals surface area contributed by atoms with Crippen LogP contribution >= 0.6 is 0 Å². The number of hydrogen-bond donors (Lipinski definition) is 0. The molecule has 3 nitrogen and oxygen atoms in total. The molecule has 1 fully saturated rings. The molecule has 0 aromatic heterocycles. The van der Waals surface area contributed by atoms with E-state index in [0.717, 1.165) is 11.1 Å². The highest BCUT2D eigenvalue weighted by molar-refractivity contribution is 5.92. The highest BCUT2D eigenvalue weighted by Gasteiger charge is 2.50. The first kappa shape index (κ1) is 20.1. The SMILES string of the molecule is C[C@H](c1cccc2ccccc12)N1C(=O)[C@@H](Oc2ccccc2)[C@H]1/C=C/c1ccccc1. The fourth-order valence-corrected chi connectivity index (χ4v) is 4.45. The van der Waals surface area contributed by atoms with E-state index in [4.69, 9.17) is 4.74 Å². The first-order valence-electron chi connectivity index (χ1n) is 11.0. The lowest BCUT2D eigenvalue weighted by Gasteiger charge is -2.48. The lowest BCUT2D eigenvalue weighted by Crippen LogP contribution is -2.66. The highest BCUT2D eigenvalue weighted by Crippen LogP contribution is 2.37. The van der Waals surface area contributed by atoms with Gasteiger partial charge in [0.25, 0.3) is 5.91 Å². The molecular formula is C29H25NO2. The van der Waals surface area contributed by atoms with Gasteiger partial charge in [0, 0.05) is 0 Å². The molecule has 158 valence electrons. The quantitative estimate of drug-likeness (QED) is 0.345. The molecule has 1 amide bonds. The molecule has 4 aromatic carbocycles. The van der Waals surface area contributed by atoms with Crippen LogP contribution in [0.15, 0.2) is 109 Å². The highest BCUT2D eigenvalue weighted by atomic mass is 16.5. The van der Waals surface area contributed by atoms with Crippen molar-refractivity contribution in [3.05, 3.63) is 120 Å². The molecule has 3 atom stereocenters. The number of carbonyl (C=O) groups excluding carboxylic acids is 1. The lowest BCUT2D eigenvalue weighted by atomic mass is 9.90. The molecule has 0 radical (unpaired) electrons. The molecule has 5 rings (SSSR count). The third kappa shape index (κ3) is 3.78. The minimum atomic E-state index is -0.533. The maximum absolute atomic E-state index is 13.3. The Bertz CT molecular complexity index is 1240. The van der Waals surface area contributed by atoms with Crippen molar-refractivity contribution in [3.8, 4) is 5.75 Å². The minimum Gasteiger partial charge on any atom is -0.478 e. The Morgan fingerprint density at radius 3 is 2.25 bits per heavy atom. The van der Waals surface area contributed by atoms with Crippen LogP contribution in [0.3, 0.4) is 0 Å². The van der Waals surface area contributed by atoms with Gasteiger partial charge < -0.3 is 9.64 Å². The van der Waals surface area contributed by atoms with Gasteiger partial charge in [0.1, 0.15) is 5.75 Å². The second-order valence-electron chi connectivity index (χ2n) is 8.10. The number of amides is 1. The number of rotatable bonds is 6. The predicted molar refractivity (Wildman–Crippen MR) is 129 cm³/mol. The van der Waals surface area contributed by atoms with Gasteiger partial charge in [-0.15, -0.1) is 0 Å². The molecule has 0 unspecified atom stereocenters. The van der Waals surface area contributed by atoms with Crippen LogP contribution < -0.4 is 4.74 Å². The zero-order valence-corrected chi connectivity index (χ0v) is 18.0. The van der Waals surface area contributed by atoms with Crippen molar-refractivity contribution in [1.29, 1.82) is 0 Å². The van der Waals surface area contributed by atoms with Gasteiger partial charge in [-0.3, -0.25) is 4.79 Å². The van der Waals surface area contributed by atoms with Crippen molar-refractivity contribution in [1.82, 2.24) is 4.90 Å². The largest absolute Gasteiger partial charge is 0.478 e. The fraction of sp³-hybridized carbons (Fsp3) is 0.138. The predicted octanol–water partition coefficient (Wildman–Crippen LogP) is 6.27. The molecule has 1 heterocycles. The molecular weight excluding hydrogens is 394 g/mol. The first-order valence-corrected chi connectivity index (χ1v) is 11.0. The summed E-state index contributed by atoms with van der Waals surface area (Å²) in [4.78, 5) is 15.2. The Kier molecular flexibility index (Phi) is 5.47. The molecule has 0 bridgehead atoms. The van der Waals surface area contributed by atoms with E-state index in [1.165, 1.54) is 10.8 Å². The van der Waals surface area contributed by atoms with Gasteiger partial charge in [0.05, 0.1) is 12.1 Å². The number of β-lactam (4-membered cyclic amide) rings is 1. The molecule has 1 saturated heterocycles. The maximum atomic E-state index is 13.3.